The second-order valence-corrected chi connectivity index (χ2v) is 11.2. The lowest BCUT2D eigenvalue weighted by atomic mass is 10.0. The van der Waals surface area contributed by atoms with Crippen molar-refractivity contribution in [1.82, 2.24) is 24.2 Å². The Balaban J connectivity index is 1.85. The Bertz CT molecular complexity index is 1060. The van der Waals surface area contributed by atoms with Gasteiger partial charge in [0.1, 0.15) is 5.69 Å². The van der Waals surface area contributed by atoms with Gasteiger partial charge < -0.3 is 14.7 Å². The number of aryl methyl sites for hydroxylation is 1. The van der Waals surface area contributed by atoms with Gasteiger partial charge >= 0.3 is 0 Å². The molecule has 34 heavy (non-hydrogen) atoms. The molecule has 1 aromatic heterocycles. The summed E-state index contributed by atoms with van der Waals surface area (Å²) in [6, 6.07) is 5.62. The van der Waals surface area contributed by atoms with Crippen molar-refractivity contribution in [3.63, 3.8) is 0 Å². The summed E-state index contributed by atoms with van der Waals surface area (Å²) in [5.74, 6) is -0.300. The number of hydrogen-bond donors (Lipinski definition) is 1. The monoisotopic (exact) mass is 513 g/mol. The van der Waals surface area contributed by atoms with Crippen LogP contribution in [-0.2, 0) is 32.7 Å². The predicted molar refractivity (Wildman–Crippen MR) is 127 cm³/mol. The number of halogens is 1. The van der Waals surface area contributed by atoms with E-state index in [4.69, 9.17) is 16.3 Å². The molecule has 0 radical (unpaired) electrons. The maximum atomic E-state index is 13.1. The Morgan fingerprint density at radius 3 is 2.71 bits per heavy atom. The van der Waals surface area contributed by atoms with Crippen molar-refractivity contribution < 1.29 is 23.1 Å². The molecule has 0 fully saturated rings. The highest BCUT2D eigenvalue weighted by Crippen LogP contribution is 2.21. The first-order valence-corrected chi connectivity index (χ1v) is 13.1. The van der Waals surface area contributed by atoms with E-state index in [0.717, 1.165) is 0 Å². The van der Waals surface area contributed by atoms with Gasteiger partial charge in [0.2, 0.25) is 15.9 Å². The van der Waals surface area contributed by atoms with Crippen LogP contribution in [0.3, 0.4) is 0 Å². The Kier molecular flexibility index (Phi) is 9.05. The zero-order valence-electron chi connectivity index (χ0n) is 19.7. The molecule has 1 amide bonds. The van der Waals surface area contributed by atoms with Crippen molar-refractivity contribution in [2.45, 2.75) is 56.9 Å². The van der Waals surface area contributed by atoms with Gasteiger partial charge in [-0.15, -0.1) is 5.10 Å². The molecule has 0 unspecified atom stereocenters. The number of benzene rings is 1. The van der Waals surface area contributed by atoms with Gasteiger partial charge in [-0.1, -0.05) is 23.7 Å². The fourth-order valence-electron chi connectivity index (χ4n) is 3.83. The van der Waals surface area contributed by atoms with Crippen molar-refractivity contribution in [3.8, 4) is 0 Å². The molecule has 2 aromatic rings. The number of ether oxygens (including phenoxy) is 1. The van der Waals surface area contributed by atoms with E-state index in [2.05, 4.69) is 10.3 Å². The number of hydrogen-bond acceptors (Lipinski definition) is 7. The fraction of sp³-hybridized carbons (Fsp3) is 0.591. The number of nitrogens with zero attached hydrogens (tertiary/aromatic N) is 5. The van der Waals surface area contributed by atoms with Gasteiger partial charge in [0.25, 0.3) is 0 Å². The highest BCUT2D eigenvalue weighted by molar-refractivity contribution is 7.89. The van der Waals surface area contributed by atoms with Crippen molar-refractivity contribution in [2.24, 2.45) is 5.92 Å². The SMILES string of the molecule is C[C@@H]1CN([C@@H](C)CO)C(=O)CCCn2cc(nn2)CO[C@H]1CN(C)S(=O)(=O)c1ccc(Cl)cc1. The zero-order valence-corrected chi connectivity index (χ0v) is 21.2. The summed E-state index contributed by atoms with van der Waals surface area (Å²) in [6.45, 7) is 4.63. The molecular weight excluding hydrogens is 482 g/mol. The second-order valence-electron chi connectivity index (χ2n) is 8.72. The third-order valence-electron chi connectivity index (χ3n) is 6.00. The van der Waals surface area contributed by atoms with E-state index in [1.807, 2.05) is 6.92 Å². The number of amides is 1. The smallest absolute Gasteiger partial charge is 0.242 e. The van der Waals surface area contributed by atoms with Crippen molar-refractivity contribution in [2.75, 3.05) is 26.7 Å². The van der Waals surface area contributed by atoms with E-state index in [1.165, 1.54) is 35.6 Å². The Morgan fingerprint density at radius 2 is 2.03 bits per heavy atom. The van der Waals surface area contributed by atoms with Crippen molar-refractivity contribution in [1.29, 1.82) is 0 Å². The normalized spacial score (nSPS) is 21.6. The third-order valence-corrected chi connectivity index (χ3v) is 8.09. The minimum atomic E-state index is -3.78. The number of aromatic nitrogens is 3. The molecule has 10 nitrogen and oxygen atoms in total. The Labute approximate surface area is 205 Å². The molecule has 188 valence electrons. The molecule has 1 aliphatic rings. The van der Waals surface area contributed by atoms with Crippen molar-refractivity contribution in [3.05, 3.63) is 41.2 Å². The topological polar surface area (TPSA) is 118 Å². The molecule has 0 saturated heterocycles. The Morgan fingerprint density at radius 1 is 1.32 bits per heavy atom. The molecular formula is C22H32ClN5O5S. The number of sulfonamides is 1. The first-order valence-electron chi connectivity index (χ1n) is 11.2. The minimum Gasteiger partial charge on any atom is -0.394 e. The quantitative estimate of drug-likeness (QED) is 0.625. The third kappa shape index (κ3) is 6.54. The van der Waals surface area contributed by atoms with E-state index in [9.17, 15) is 18.3 Å². The maximum absolute atomic E-state index is 13.1. The standard InChI is InChI=1S/C22H32ClN5O5S/c1-16-11-28(17(2)14-29)22(30)5-4-10-27-12-19(24-25-27)15-33-21(16)13-26(3)34(31,32)20-8-6-18(23)7-9-20/h6-9,12,16-17,21,29H,4-5,10-11,13-15H2,1-3H3/t16-,17+,21+/m1/s1. The van der Waals surface area contributed by atoms with Crippen LogP contribution in [0.15, 0.2) is 35.4 Å². The van der Waals surface area contributed by atoms with Crippen LogP contribution in [0.4, 0.5) is 0 Å². The van der Waals surface area contributed by atoms with Crippen LogP contribution in [0, 0.1) is 5.92 Å². The summed E-state index contributed by atoms with van der Waals surface area (Å²) in [6.07, 6.45) is 2.13. The number of aliphatic hydroxyl groups excluding tert-OH is 1. The van der Waals surface area contributed by atoms with Gasteiger partial charge in [0.05, 0.1) is 36.5 Å². The van der Waals surface area contributed by atoms with Crippen LogP contribution in [0.1, 0.15) is 32.4 Å². The van der Waals surface area contributed by atoms with E-state index < -0.39 is 16.1 Å². The molecule has 1 aromatic carbocycles. The van der Waals surface area contributed by atoms with Gasteiger partial charge in [-0.3, -0.25) is 9.48 Å². The van der Waals surface area contributed by atoms with Crippen LogP contribution in [0.5, 0.6) is 0 Å². The molecule has 2 heterocycles. The molecule has 0 spiro atoms. The number of fused-ring (bicyclic) bond motifs is 2. The molecule has 2 bridgehead atoms. The number of rotatable bonds is 6. The average molecular weight is 514 g/mol. The van der Waals surface area contributed by atoms with E-state index in [1.54, 1.807) is 22.7 Å². The molecule has 1 aliphatic heterocycles. The van der Waals surface area contributed by atoms with Gasteiger partial charge in [-0.2, -0.15) is 4.31 Å². The number of carbonyl (C=O) groups excluding carboxylic acids is 1. The highest BCUT2D eigenvalue weighted by Gasteiger charge is 2.31. The van der Waals surface area contributed by atoms with Gasteiger partial charge in [-0.05, 0) is 37.6 Å². The van der Waals surface area contributed by atoms with Gasteiger partial charge in [0, 0.05) is 44.0 Å². The number of aliphatic hydroxyl groups is 1. The van der Waals surface area contributed by atoms with Gasteiger partial charge in [-0.25, -0.2) is 8.42 Å². The van der Waals surface area contributed by atoms with Crippen LogP contribution >= 0.6 is 11.6 Å². The van der Waals surface area contributed by atoms with E-state index in [-0.39, 0.29) is 42.5 Å². The Hall–Kier alpha value is -2.05. The van der Waals surface area contributed by atoms with Crippen LogP contribution in [0.25, 0.3) is 0 Å². The fourth-order valence-corrected chi connectivity index (χ4v) is 5.14. The first-order chi connectivity index (χ1) is 16.1. The molecule has 1 N–H and O–H groups in total. The summed E-state index contributed by atoms with van der Waals surface area (Å²) >= 11 is 5.91. The first kappa shape index (κ1) is 26.6. The largest absolute Gasteiger partial charge is 0.394 e. The van der Waals surface area contributed by atoms with Crippen LogP contribution in [0.2, 0.25) is 5.02 Å². The van der Waals surface area contributed by atoms with Crippen LogP contribution in [-0.4, -0.2) is 82.5 Å². The molecule has 0 saturated carbocycles. The second kappa shape index (κ2) is 11.6. The summed E-state index contributed by atoms with van der Waals surface area (Å²) in [4.78, 5) is 14.7. The lowest BCUT2D eigenvalue weighted by Crippen LogP contribution is -2.47. The summed E-state index contributed by atoms with van der Waals surface area (Å²) in [7, 11) is -2.28. The zero-order chi connectivity index (χ0) is 24.9. The summed E-state index contributed by atoms with van der Waals surface area (Å²) < 4.78 is 35.3. The maximum Gasteiger partial charge on any atom is 0.242 e. The van der Waals surface area contributed by atoms with E-state index >= 15 is 0 Å². The van der Waals surface area contributed by atoms with Crippen LogP contribution < -0.4 is 0 Å². The summed E-state index contributed by atoms with van der Waals surface area (Å²) in [5, 5.41) is 18.4. The van der Waals surface area contributed by atoms with Crippen molar-refractivity contribution >= 4 is 27.5 Å². The summed E-state index contributed by atoms with van der Waals surface area (Å²) in [5.41, 5.74) is 0.631. The highest BCUT2D eigenvalue weighted by atomic mass is 35.5. The number of likely N-dealkylation sites (N-methyl/N-ethyl adjacent to an activating group) is 1. The lowest BCUT2D eigenvalue weighted by Gasteiger charge is -2.35. The molecule has 0 aliphatic carbocycles. The minimum absolute atomic E-state index is 0.0653. The van der Waals surface area contributed by atoms with Gasteiger partial charge in [0.15, 0.2) is 0 Å². The van der Waals surface area contributed by atoms with E-state index in [0.29, 0.717) is 36.6 Å². The lowest BCUT2D eigenvalue weighted by molar-refractivity contribution is -0.136. The average Bonchev–Trinajstić information content (AvgIpc) is 3.26. The molecule has 3 atom stereocenters. The predicted octanol–water partition coefficient (Wildman–Crippen LogP) is 1.78. The molecule has 3 rings (SSSR count). The number of carbonyl (C=O) groups is 1. The molecule has 12 heteroatoms.